The van der Waals surface area contributed by atoms with E-state index in [1.54, 1.807) is 0 Å². The van der Waals surface area contributed by atoms with Crippen molar-refractivity contribution in [2.24, 2.45) is 5.92 Å². The first-order valence-electron chi connectivity index (χ1n) is 6.38. The van der Waals surface area contributed by atoms with Crippen molar-refractivity contribution >= 4 is 11.9 Å². The molecule has 0 heterocycles. The van der Waals surface area contributed by atoms with Gasteiger partial charge in [-0.25, -0.2) is 4.39 Å². The molecule has 1 aliphatic rings. The summed E-state index contributed by atoms with van der Waals surface area (Å²) in [5.74, 6) is -2.17. The number of aliphatic carboxylic acids is 1. The summed E-state index contributed by atoms with van der Waals surface area (Å²) in [4.78, 5) is 22.8. The third kappa shape index (κ3) is 3.07. The van der Waals surface area contributed by atoms with Crippen LogP contribution in [0.1, 0.15) is 29.6 Å². The molecule has 1 aromatic carbocycles. The highest BCUT2D eigenvalue weighted by molar-refractivity contribution is 5.94. The minimum atomic E-state index is -0.836. The van der Waals surface area contributed by atoms with Gasteiger partial charge in [-0.15, -0.1) is 0 Å². The number of hydrogen-bond acceptors (Lipinski definition) is 3. The zero-order valence-corrected chi connectivity index (χ0v) is 11.1. The minimum absolute atomic E-state index is 0.0772. The molecule has 1 amide bonds. The Hall–Kier alpha value is -2.11. The fourth-order valence-electron chi connectivity index (χ4n) is 2.41. The van der Waals surface area contributed by atoms with E-state index in [0.717, 1.165) is 6.07 Å². The molecule has 5 nitrogen and oxygen atoms in total. The summed E-state index contributed by atoms with van der Waals surface area (Å²) >= 11 is 0. The number of benzene rings is 1. The van der Waals surface area contributed by atoms with Gasteiger partial charge in [-0.05, 0) is 37.5 Å². The molecule has 108 valence electrons. The summed E-state index contributed by atoms with van der Waals surface area (Å²) in [5.41, 5.74) is 0.196. The van der Waals surface area contributed by atoms with Crippen molar-refractivity contribution in [2.45, 2.75) is 25.3 Å². The first kappa shape index (κ1) is 14.3. The van der Waals surface area contributed by atoms with Gasteiger partial charge in [0.05, 0.1) is 13.0 Å². The van der Waals surface area contributed by atoms with Crippen molar-refractivity contribution in [3.63, 3.8) is 0 Å². The van der Waals surface area contributed by atoms with E-state index in [2.05, 4.69) is 5.32 Å². The lowest BCUT2D eigenvalue weighted by atomic mass is 10.1. The van der Waals surface area contributed by atoms with Crippen molar-refractivity contribution < 1.29 is 23.8 Å². The van der Waals surface area contributed by atoms with Crippen LogP contribution in [0.4, 0.5) is 4.39 Å². The lowest BCUT2D eigenvalue weighted by Crippen LogP contribution is -2.33. The quantitative estimate of drug-likeness (QED) is 0.882. The molecule has 2 rings (SSSR count). The van der Waals surface area contributed by atoms with Crippen LogP contribution in [0.3, 0.4) is 0 Å². The Kier molecular flexibility index (Phi) is 4.22. The van der Waals surface area contributed by atoms with Crippen molar-refractivity contribution in [1.29, 1.82) is 0 Å². The van der Waals surface area contributed by atoms with Gasteiger partial charge in [0.1, 0.15) is 0 Å². The first-order valence-corrected chi connectivity index (χ1v) is 6.38. The second-order valence-corrected chi connectivity index (χ2v) is 4.87. The van der Waals surface area contributed by atoms with Gasteiger partial charge in [-0.3, -0.25) is 9.59 Å². The molecule has 2 N–H and O–H groups in total. The summed E-state index contributed by atoms with van der Waals surface area (Å²) in [6, 6.07) is 3.80. The maximum Gasteiger partial charge on any atom is 0.306 e. The van der Waals surface area contributed by atoms with Crippen LogP contribution in [0, 0.1) is 11.7 Å². The zero-order chi connectivity index (χ0) is 14.7. The van der Waals surface area contributed by atoms with Crippen LogP contribution >= 0.6 is 0 Å². The Labute approximate surface area is 115 Å². The fourth-order valence-corrected chi connectivity index (χ4v) is 2.41. The largest absolute Gasteiger partial charge is 0.494 e. The van der Waals surface area contributed by atoms with Crippen molar-refractivity contribution in [3.05, 3.63) is 29.6 Å². The molecular weight excluding hydrogens is 265 g/mol. The van der Waals surface area contributed by atoms with Crippen LogP contribution in [0.15, 0.2) is 18.2 Å². The standard InChI is InChI=1S/C14H16FNO4/c1-20-12-5-3-8(7-11(12)15)13(17)16-10-4-2-9(6-10)14(18)19/h3,5,7,9-10H,2,4,6H2,1H3,(H,16,17)(H,18,19). The van der Waals surface area contributed by atoms with Gasteiger partial charge >= 0.3 is 5.97 Å². The number of carbonyl (C=O) groups is 2. The highest BCUT2D eigenvalue weighted by Gasteiger charge is 2.30. The third-order valence-electron chi connectivity index (χ3n) is 3.53. The number of amides is 1. The molecule has 1 aromatic rings. The average Bonchev–Trinajstić information content (AvgIpc) is 2.87. The molecule has 2 unspecified atom stereocenters. The van der Waals surface area contributed by atoms with Crippen LogP contribution < -0.4 is 10.1 Å². The SMILES string of the molecule is COc1ccc(C(=O)NC2CCC(C(=O)O)C2)cc1F. The molecule has 0 spiro atoms. The molecule has 0 aliphatic heterocycles. The summed E-state index contributed by atoms with van der Waals surface area (Å²) in [7, 11) is 1.35. The molecule has 1 saturated carbocycles. The molecule has 0 saturated heterocycles. The van der Waals surface area contributed by atoms with Crippen LogP contribution in [-0.2, 0) is 4.79 Å². The van der Waals surface area contributed by atoms with Gasteiger partial charge in [0, 0.05) is 11.6 Å². The maximum atomic E-state index is 13.5. The second-order valence-electron chi connectivity index (χ2n) is 4.87. The predicted molar refractivity (Wildman–Crippen MR) is 69.2 cm³/mol. The molecule has 1 aliphatic carbocycles. The van der Waals surface area contributed by atoms with E-state index >= 15 is 0 Å². The lowest BCUT2D eigenvalue weighted by Gasteiger charge is -2.13. The van der Waals surface area contributed by atoms with E-state index in [0.29, 0.717) is 19.3 Å². The minimum Gasteiger partial charge on any atom is -0.494 e. The lowest BCUT2D eigenvalue weighted by molar-refractivity contribution is -0.141. The van der Waals surface area contributed by atoms with Gasteiger partial charge < -0.3 is 15.2 Å². The molecular formula is C14H16FNO4. The van der Waals surface area contributed by atoms with E-state index in [-0.39, 0.29) is 17.4 Å². The third-order valence-corrected chi connectivity index (χ3v) is 3.53. The monoisotopic (exact) mass is 281 g/mol. The smallest absolute Gasteiger partial charge is 0.306 e. The number of carbonyl (C=O) groups excluding carboxylic acids is 1. The van der Waals surface area contributed by atoms with Gasteiger partial charge in [0.15, 0.2) is 11.6 Å². The molecule has 6 heteroatoms. The summed E-state index contributed by atoms with van der Waals surface area (Å²) in [6.07, 6.45) is 1.60. The molecule has 1 fully saturated rings. The van der Waals surface area contributed by atoms with Crippen LogP contribution in [0.5, 0.6) is 5.75 Å². The predicted octanol–water partition coefficient (Wildman–Crippen LogP) is 1.82. The number of halogens is 1. The number of rotatable bonds is 4. The van der Waals surface area contributed by atoms with Crippen LogP contribution in [-0.4, -0.2) is 30.1 Å². The first-order chi connectivity index (χ1) is 9.51. The molecule has 0 radical (unpaired) electrons. The molecule has 2 atom stereocenters. The van der Waals surface area contributed by atoms with Crippen molar-refractivity contribution in [1.82, 2.24) is 5.32 Å². The number of ether oxygens (including phenoxy) is 1. The molecule has 0 bridgehead atoms. The number of carboxylic acid groups (broad SMARTS) is 1. The van der Waals surface area contributed by atoms with Crippen LogP contribution in [0.25, 0.3) is 0 Å². The van der Waals surface area contributed by atoms with E-state index in [1.807, 2.05) is 0 Å². The average molecular weight is 281 g/mol. The zero-order valence-electron chi connectivity index (χ0n) is 11.1. The summed E-state index contributed by atoms with van der Waals surface area (Å²) < 4.78 is 18.3. The fraction of sp³-hybridized carbons (Fsp3) is 0.429. The van der Waals surface area contributed by atoms with Gasteiger partial charge in [0.2, 0.25) is 0 Å². The number of methoxy groups -OCH3 is 1. The summed E-state index contributed by atoms with van der Waals surface area (Å²) in [6.45, 7) is 0. The Balaban J connectivity index is 1.99. The van der Waals surface area contributed by atoms with Crippen LogP contribution in [0.2, 0.25) is 0 Å². The van der Waals surface area contributed by atoms with E-state index < -0.39 is 23.6 Å². The number of carboxylic acids is 1. The number of nitrogens with one attached hydrogen (secondary N) is 1. The second kappa shape index (κ2) is 5.90. The normalized spacial score (nSPS) is 21.5. The van der Waals surface area contributed by atoms with E-state index in [4.69, 9.17) is 9.84 Å². The highest BCUT2D eigenvalue weighted by atomic mass is 19.1. The van der Waals surface area contributed by atoms with E-state index in [1.165, 1.54) is 19.2 Å². The van der Waals surface area contributed by atoms with Gasteiger partial charge in [-0.1, -0.05) is 0 Å². The van der Waals surface area contributed by atoms with Gasteiger partial charge in [0.25, 0.3) is 5.91 Å². The summed E-state index contributed by atoms with van der Waals surface area (Å²) in [5, 5.41) is 11.6. The highest BCUT2D eigenvalue weighted by Crippen LogP contribution is 2.26. The van der Waals surface area contributed by atoms with E-state index in [9.17, 15) is 14.0 Å². The maximum absolute atomic E-state index is 13.5. The van der Waals surface area contributed by atoms with Gasteiger partial charge in [-0.2, -0.15) is 0 Å². The molecule has 0 aromatic heterocycles. The Morgan fingerprint density at radius 3 is 2.70 bits per heavy atom. The van der Waals surface area contributed by atoms with Crippen molar-refractivity contribution in [3.8, 4) is 5.75 Å². The molecule has 20 heavy (non-hydrogen) atoms. The Bertz CT molecular complexity index is 532. The topological polar surface area (TPSA) is 75.6 Å². The number of hydrogen-bond donors (Lipinski definition) is 2. The Morgan fingerprint density at radius 1 is 1.40 bits per heavy atom. The van der Waals surface area contributed by atoms with Crippen molar-refractivity contribution in [2.75, 3.05) is 7.11 Å². The Morgan fingerprint density at radius 2 is 2.15 bits per heavy atom.